The van der Waals surface area contributed by atoms with Crippen molar-refractivity contribution in [3.8, 4) is 16.9 Å². The van der Waals surface area contributed by atoms with Crippen molar-refractivity contribution in [1.82, 2.24) is 15.2 Å². The number of piperidine rings is 1. The van der Waals surface area contributed by atoms with E-state index in [1.807, 2.05) is 18.2 Å². The van der Waals surface area contributed by atoms with Crippen molar-refractivity contribution in [2.75, 3.05) is 18.4 Å². The SMILES string of the molecule is O=C(Nc1nccs1)[C@@H](c1cc(F)ccc1O)N1Cc2ccc(-c3ccc(CCC4CCNCC4)cc3)cc2C1=O. The number of rotatable bonds is 8. The first-order valence-electron chi connectivity index (χ1n) is 13.9. The number of thiazole rings is 1. The van der Waals surface area contributed by atoms with E-state index in [1.54, 1.807) is 11.6 Å². The van der Waals surface area contributed by atoms with E-state index in [0.717, 1.165) is 54.3 Å². The standard InChI is InChI=1S/C32H31FN4O3S/c33-25-9-10-28(38)27(18-25)29(30(39)36-32-35-15-16-41-32)37-19-24-8-7-23(17-26(24)31(37)40)22-5-3-20(4-6-22)1-2-21-11-13-34-14-12-21/h3-10,15-18,21,29,34,38H,1-2,11-14,19H2,(H,35,36,39)/t29-/m1/s1. The third kappa shape index (κ3) is 5.87. The minimum Gasteiger partial charge on any atom is -0.508 e. The zero-order valence-corrected chi connectivity index (χ0v) is 23.3. The third-order valence-electron chi connectivity index (χ3n) is 8.04. The molecule has 2 aliphatic rings. The second kappa shape index (κ2) is 11.8. The number of carbonyl (C=O) groups is 2. The Labute approximate surface area is 242 Å². The van der Waals surface area contributed by atoms with Crippen molar-refractivity contribution in [1.29, 1.82) is 0 Å². The molecule has 1 aromatic heterocycles. The number of nitrogens with one attached hydrogen (secondary N) is 2. The molecule has 4 aromatic rings. The number of halogens is 1. The highest BCUT2D eigenvalue weighted by molar-refractivity contribution is 7.13. The van der Waals surface area contributed by atoms with Crippen LogP contribution in [0.3, 0.4) is 0 Å². The number of amides is 2. The summed E-state index contributed by atoms with van der Waals surface area (Å²) in [5, 5.41) is 18.8. The van der Waals surface area contributed by atoms with Crippen molar-refractivity contribution in [2.45, 2.75) is 38.3 Å². The fourth-order valence-corrected chi connectivity index (χ4v) is 6.30. The van der Waals surface area contributed by atoms with Gasteiger partial charge in [0.1, 0.15) is 17.6 Å². The monoisotopic (exact) mass is 570 g/mol. The van der Waals surface area contributed by atoms with E-state index in [4.69, 9.17) is 0 Å². The van der Waals surface area contributed by atoms with E-state index < -0.39 is 17.8 Å². The number of hydrogen-bond acceptors (Lipinski definition) is 6. The largest absolute Gasteiger partial charge is 0.508 e. The number of phenols is 1. The molecule has 1 atom stereocenters. The first kappa shape index (κ1) is 27.1. The van der Waals surface area contributed by atoms with E-state index in [0.29, 0.717) is 10.7 Å². The van der Waals surface area contributed by atoms with E-state index >= 15 is 0 Å². The van der Waals surface area contributed by atoms with Gasteiger partial charge >= 0.3 is 0 Å². The Balaban J connectivity index is 1.23. The molecule has 3 N–H and O–H groups in total. The lowest BCUT2D eigenvalue weighted by Crippen LogP contribution is -2.37. The molecule has 0 unspecified atom stereocenters. The molecule has 7 nitrogen and oxygen atoms in total. The predicted octanol–water partition coefficient (Wildman–Crippen LogP) is 5.92. The van der Waals surface area contributed by atoms with Crippen LogP contribution in [0.2, 0.25) is 0 Å². The van der Waals surface area contributed by atoms with Gasteiger partial charge < -0.3 is 15.3 Å². The summed E-state index contributed by atoms with van der Waals surface area (Å²) < 4.78 is 14.2. The van der Waals surface area contributed by atoms with E-state index in [9.17, 15) is 19.1 Å². The molecule has 41 heavy (non-hydrogen) atoms. The van der Waals surface area contributed by atoms with E-state index in [-0.39, 0.29) is 23.8 Å². The highest BCUT2D eigenvalue weighted by Crippen LogP contribution is 2.38. The van der Waals surface area contributed by atoms with Gasteiger partial charge in [-0.3, -0.25) is 14.9 Å². The minimum absolute atomic E-state index is 0.0144. The quantitative estimate of drug-likeness (QED) is 0.244. The Morgan fingerprint density at radius 1 is 1.10 bits per heavy atom. The Hall–Kier alpha value is -4.08. The average Bonchev–Trinajstić information content (AvgIpc) is 3.62. The number of phenolic OH excluding ortho intramolecular Hbond substituents is 1. The van der Waals surface area contributed by atoms with Crippen LogP contribution in [-0.4, -0.2) is 39.9 Å². The first-order chi connectivity index (χ1) is 20.0. The Bertz CT molecular complexity index is 1550. The maximum Gasteiger partial charge on any atom is 0.255 e. The van der Waals surface area contributed by atoms with Crippen LogP contribution >= 0.6 is 11.3 Å². The van der Waals surface area contributed by atoms with Gasteiger partial charge in [0.2, 0.25) is 0 Å². The molecule has 0 aliphatic carbocycles. The molecule has 1 fully saturated rings. The van der Waals surface area contributed by atoms with Crippen molar-refractivity contribution >= 4 is 28.3 Å². The number of benzene rings is 3. The molecule has 6 rings (SSSR count). The lowest BCUT2D eigenvalue weighted by molar-refractivity contribution is -0.120. The molecule has 0 bridgehead atoms. The molecule has 3 heterocycles. The minimum atomic E-state index is -1.25. The zero-order valence-electron chi connectivity index (χ0n) is 22.5. The fraction of sp³-hybridized carbons (Fsp3) is 0.281. The van der Waals surface area contributed by atoms with Crippen LogP contribution in [0.15, 0.2) is 72.2 Å². The van der Waals surface area contributed by atoms with Crippen molar-refractivity contribution in [3.63, 3.8) is 0 Å². The lowest BCUT2D eigenvalue weighted by atomic mass is 9.91. The number of aromatic nitrogens is 1. The molecule has 210 valence electrons. The van der Waals surface area contributed by atoms with Crippen LogP contribution in [0.1, 0.15) is 52.4 Å². The van der Waals surface area contributed by atoms with Gasteiger partial charge in [-0.05, 0) is 91.2 Å². The number of nitrogens with zero attached hydrogens (tertiary/aromatic N) is 2. The van der Waals surface area contributed by atoms with Gasteiger partial charge in [0.15, 0.2) is 5.13 Å². The van der Waals surface area contributed by atoms with Gasteiger partial charge in [-0.15, -0.1) is 11.3 Å². The summed E-state index contributed by atoms with van der Waals surface area (Å²) in [6.45, 7) is 2.37. The first-order valence-corrected chi connectivity index (χ1v) is 14.8. The molecule has 2 aliphatic heterocycles. The van der Waals surface area contributed by atoms with Crippen molar-refractivity contribution in [2.24, 2.45) is 5.92 Å². The lowest BCUT2D eigenvalue weighted by Gasteiger charge is -2.27. The molecule has 2 amide bonds. The van der Waals surface area contributed by atoms with Crippen LogP contribution in [0.5, 0.6) is 5.75 Å². The summed E-state index contributed by atoms with van der Waals surface area (Å²) in [7, 11) is 0. The van der Waals surface area contributed by atoms with Gasteiger partial charge in [-0.25, -0.2) is 9.37 Å². The molecule has 9 heteroatoms. The molecule has 1 saturated heterocycles. The summed E-state index contributed by atoms with van der Waals surface area (Å²) in [6, 6.07) is 16.4. The summed E-state index contributed by atoms with van der Waals surface area (Å²) in [5.74, 6) is -1.04. The number of fused-ring (bicyclic) bond motifs is 1. The molecular formula is C32H31FN4O3S. The molecule has 3 aromatic carbocycles. The van der Waals surface area contributed by atoms with Crippen LogP contribution < -0.4 is 10.6 Å². The Morgan fingerprint density at radius 3 is 2.63 bits per heavy atom. The summed E-state index contributed by atoms with van der Waals surface area (Å²) in [4.78, 5) is 32.7. The van der Waals surface area contributed by atoms with Gasteiger partial charge in [0.25, 0.3) is 11.8 Å². The summed E-state index contributed by atoms with van der Waals surface area (Å²) in [5.41, 5.74) is 4.48. The Morgan fingerprint density at radius 2 is 1.88 bits per heavy atom. The van der Waals surface area contributed by atoms with Crippen LogP contribution in [0, 0.1) is 11.7 Å². The smallest absolute Gasteiger partial charge is 0.255 e. The summed E-state index contributed by atoms with van der Waals surface area (Å²) >= 11 is 1.23. The normalized spacial score (nSPS) is 16.0. The number of carbonyl (C=O) groups excluding carboxylic acids is 2. The van der Waals surface area contributed by atoms with Crippen LogP contribution in [0.4, 0.5) is 9.52 Å². The number of aromatic hydroxyl groups is 1. The third-order valence-corrected chi connectivity index (χ3v) is 8.72. The average molecular weight is 571 g/mol. The Kier molecular flexibility index (Phi) is 7.80. The molecular weight excluding hydrogens is 539 g/mol. The number of hydrogen-bond donors (Lipinski definition) is 3. The second-order valence-corrected chi connectivity index (χ2v) is 11.6. The number of anilines is 1. The molecule has 0 saturated carbocycles. The highest BCUT2D eigenvalue weighted by atomic mass is 32.1. The van der Waals surface area contributed by atoms with Gasteiger partial charge in [-0.1, -0.05) is 36.4 Å². The second-order valence-electron chi connectivity index (χ2n) is 10.7. The summed E-state index contributed by atoms with van der Waals surface area (Å²) in [6.07, 6.45) is 6.28. The predicted molar refractivity (Wildman–Crippen MR) is 157 cm³/mol. The maximum atomic E-state index is 14.2. The van der Waals surface area contributed by atoms with Crippen molar-refractivity contribution in [3.05, 3.63) is 100 Å². The van der Waals surface area contributed by atoms with Gasteiger partial charge in [-0.2, -0.15) is 0 Å². The topological polar surface area (TPSA) is 94.6 Å². The van der Waals surface area contributed by atoms with Crippen molar-refractivity contribution < 1.29 is 19.1 Å². The van der Waals surface area contributed by atoms with E-state index in [2.05, 4.69) is 39.9 Å². The molecule has 0 spiro atoms. The van der Waals surface area contributed by atoms with Gasteiger partial charge in [0.05, 0.1) is 0 Å². The molecule has 0 radical (unpaired) electrons. The van der Waals surface area contributed by atoms with Crippen LogP contribution in [-0.2, 0) is 17.8 Å². The maximum absolute atomic E-state index is 14.2. The van der Waals surface area contributed by atoms with E-state index in [1.165, 1.54) is 47.1 Å². The highest BCUT2D eigenvalue weighted by Gasteiger charge is 2.39. The number of aryl methyl sites for hydroxylation is 1. The fourth-order valence-electron chi connectivity index (χ4n) is 5.77. The van der Waals surface area contributed by atoms with Crippen LogP contribution in [0.25, 0.3) is 11.1 Å². The zero-order chi connectivity index (χ0) is 28.3. The van der Waals surface area contributed by atoms with Gasteiger partial charge in [0, 0.05) is 29.2 Å².